The van der Waals surface area contributed by atoms with Crippen LogP contribution in [0.5, 0.6) is 0 Å². The van der Waals surface area contributed by atoms with Gasteiger partial charge < -0.3 is 4.42 Å². The highest BCUT2D eigenvalue weighted by molar-refractivity contribution is 5.80. The van der Waals surface area contributed by atoms with Gasteiger partial charge in [0.25, 0.3) is 0 Å². The highest BCUT2D eigenvalue weighted by Gasteiger charge is 2.04. The average molecular weight is 200 g/mol. The summed E-state index contributed by atoms with van der Waals surface area (Å²) < 4.78 is 5.49. The molecule has 1 aromatic carbocycles. The summed E-state index contributed by atoms with van der Waals surface area (Å²) in [7, 11) is 0. The van der Waals surface area contributed by atoms with Gasteiger partial charge in [-0.2, -0.15) is 0 Å². The Morgan fingerprint density at radius 3 is 2.53 bits per heavy atom. The molecule has 2 nitrogen and oxygen atoms in total. The van der Waals surface area contributed by atoms with Crippen LogP contribution < -0.4 is 0 Å². The van der Waals surface area contributed by atoms with Gasteiger partial charge in [-0.1, -0.05) is 12.1 Å². The van der Waals surface area contributed by atoms with E-state index in [0.717, 1.165) is 28.9 Å². The molecule has 15 heavy (non-hydrogen) atoms. The lowest BCUT2D eigenvalue weighted by molar-refractivity contribution is 0.112. The minimum Gasteiger partial charge on any atom is -0.461 e. The second kappa shape index (κ2) is 3.73. The van der Waals surface area contributed by atoms with Crippen LogP contribution in [0.15, 0.2) is 34.7 Å². The minimum atomic E-state index is 0.710. The third kappa shape index (κ3) is 1.84. The molecule has 0 saturated carbocycles. The predicted molar refractivity (Wildman–Crippen MR) is 59.0 cm³/mol. The number of rotatable bonds is 2. The molecule has 1 heterocycles. The molecule has 0 fully saturated rings. The fraction of sp³-hybridized carbons (Fsp3) is 0.154. The van der Waals surface area contributed by atoms with Crippen molar-refractivity contribution in [1.29, 1.82) is 0 Å². The van der Waals surface area contributed by atoms with E-state index in [9.17, 15) is 4.79 Å². The van der Waals surface area contributed by atoms with Gasteiger partial charge in [-0.3, -0.25) is 4.79 Å². The summed E-state index contributed by atoms with van der Waals surface area (Å²) in [6.45, 7) is 3.82. The first-order valence-corrected chi connectivity index (χ1v) is 4.83. The van der Waals surface area contributed by atoms with Crippen molar-refractivity contribution in [3.63, 3.8) is 0 Å². The van der Waals surface area contributed by atoms with Gasteiger partial charge >= 0.3 is 0 Å². The fourth-order valence-corrected chi connectivity index (χ4v) is 1.51. The van der Waals surface area contributed by atoms with Crippen LogP contribution in [0.1, 0.15) is 21.7 Å². The topological polar surface area (TPSA) is 30.2 Å². The van der Waals surface area contributed by atoms with Crippen molar-refractivity contribution in [2.24, 2.45) is 0 Å². The molecule has 0 atom stereocenters. The van der Waals surface area contributed by atoms with Crippen LogP contribution in [0.4, 0.5) is 0 Å². The van der Waals surface area contributed by atoms with E-state index < -0.39 is 0 Å². The van der Waals surface area contributed by atoms with Crippen LogP contribution in [0, 0.1) is 13.8 Å². The monoisotopic (exact) mass is 200 g/mol. The van der Waals surface area contributed by atoms with Gasteiger partial charge in [-0.15, -0.1) is 0 Å². The van der Waals surface area contributed by atoms with Crippen LogP contribution in [0.2, 0.25) is 0 Å². The zero-order valence-corrected chi connectivity index (χ0v) is 8.78. The van der Waals surface area contributed by atoms with E-state index in [1.165, 1.54) is 0 Å². The van der Waals surface area contributed by atoms with E-state index in [0.29, 0.717) is 5.56 Å². The van der Waals surface area contributed by atoms with Crippen LogP contribution in [-0.4, -0.2) is 6.29 Å². The third-order valence-electron chi connectivity index (χ3n) is 2.43. The molecular weight excluding hydrogens is 188 g/mol. The number of aryl methyl sites for hydroxylation is 2. The summed E-state index contributed by atoms with van der Waals surface area (Å²) in [5.74, 6) is 1.67. The van der Waals surface area contributed by atoms with E-state index >= 15 is 0 Å². The molecular formula is C13H12O2. The zero-order valence-electron chi connectivity index (χ0n) is 8.78. The number of carbonyl (C=O) groups is 1. The highest BCUT2D eigenvalue weighted by atomic mass is 16.3. The first kappa shape index (κ1) is 9.71. The molecule has 0 radical (unpaired) electrons. The molecule has 0 aliphatic carbocycles. The smallest absolute Gasteiger partial charge is 0.150 e. The molecule has 2 rings (SSSR count). The van der Waals surface area contributed by atoms with Crippen LogP contribution in [-0.2, 0) is 0 Å². The second-order valence-electron chi connectivity index (χ2n) is 3.60. The second-order valence-corrected chi connectivity index (χ2v) is 3.60. The lowest BCUT2D eigenvalue weighted by Crippen LogP contribution is -1.86. The Morgan fingerprint density at radius 1 is 1.13 bits per heavy atom. The Morgan fingerprint density at radius 2 is 1.93 bits per heavy atom. The lowest BCUT2D eigenvalue weighted by atomic mass is 10.0. The third-order valence-corrected chi connectivity index (χ3v) is 2.43. The number of aldehydes is 1. The Kier molecular flexibility index (Phi) is 2.42. The number of carbonyl (C=O) groups excluding carboxylic acids is 1. The van der Waals surface area contributed by atoms with E-state index in [1.807, 2.05) is 44.2 Å². The normalized spacial score (nSPS) is 10.3. The van der Waals surface area contributed by atoms with Gasteiger partial charge in [0.2, 0.25) is 0 Å². The number of hydrogen-bond donors (Lipinski definition) is 0. The molecule has 2 aromatic rings. The van der Waals surface area contributed by atoms with Gasteiger partial charge in [0, 0.05) is 11.1 Å². The maximum atomic E-state index is 10.8. The first-order chi connectivity index (χ1) is 7.20. The SMILES string of the molecule is Cc1ccc(-c2ccc(C)c(C=O)c2)o1. The van der Waals surface area contributed by atoms with Crippen molar-refractivity contribution < 1.29 is 9.21 Å². The quantitative estimate of drug-likeness (QED) is 0.695. The maximum absolute atomic E-state index is 10.8. The maximum Gasteiger partial charge on any atom is 0.150 e. The van der Waals surface area contributed by atoms with E-state index in [-0.39, 0.29) is 0 Å². The van der Waals surface area contributed by atoms with Crippen molar-refractivity contribution in [1.82, 2.24) is 0 Å². The van der Waals surface area contributed by atoms with Gasteiger partial charge in [0.15, 0.2) is 0 Å². The Balaban J connectivity index is 2.50. The molecule has 0 amide bonds. The molecule has 0 unspecified atom stereocenters. The van der Waals surface area contributed by atoms with Crippen LogP contribution in [0.3, 0.4) is 0 Å². The van der Waals surface area contributed by atoms with Gasteiger partial charge in [0.1, 0.15) is 17.8 Å². The van der Waals surface area contributed by atoms with Crippen molar-refractivity contribution >= 4 is 6.29 Å². The number of benzene rings is 1. The van der Waals surface area contributed by atoms with Crippen LogP contribution >= 0.6 is 0 Å². The molecule has 0 spiro atoms. The molecule has 0 aliphatic heterocycles. The molecule has 1 aromatic heterocycles. The Hall–Kier alpha value is -1.83. The van der Waals surface area contributed by atoms with E-state index in [1.54, 1.807) is 0 Å². The standard InChI is InChI=1S/C13H12O2/c1-9-3-5-11(7-12(9)8-14)13-6-4-10(2)15-13/h3-8H,1-2H3. The average Bonchev–Trinajstić information content (AvgIpc) is 2.66. The number of hydrogen-bond acceptors (Lipinski definition) is 2. The molecule has 2 heteroatoms. The Bertz CT molecular complexity index is 495. The van der Waals surface area contributed by atoms with Crippen molar-refractivity contribution in [2.45, 2.75) is 13.8 Å². The van der Waals surface area contributed by atoms with Crippen LogP contribution in [0.25, 0.3) is 11.3 Å². The van der Waals surface area contributed by atoms with E-state index in [2.05, 4.69) is 0 Å². The summed E-state index contributed by atoms with van der Waals surface area (Å²) >= 11 is 0. The summed E-state index contributed by atoms with van der Waals surface area (Å²) in [6.07, 6.45) is 0.870. The zero-order chi connectivity index (χ0) is 10.8. The molecule has 0 N–H and O–H groups in total. The van der Waals surface area contributed by atoms with Crippen molar-refractivity contribution in [3.8, 4) is 11.3 Å². The molecule has 76 valence electrons. The molecule has 0 aliphatic rings. The summed E-state index contributed by atoms with van der Waals surface area (Å²) in [4.78, 5) is 10.8. The summed E-state index contributed by atoms with van der Waals surface area (Å²) in [6, 6.07) is 9.56. The highest BCUT2D eigenvalue weighted by Crippen LogP contribution is 2.23. The summed E-state index contributed by atoms with van der Waals surface area (Å²) in [5, 5.41) is 0. The van der Waals surface area contributed by atoms with Gasteiger partial charge in [-0.05, 0) is 37.6 Å². The van der Waals surface area contributed by atoms with E-state index in [4.69, 9.17) is 4.42 Å². The van der Waals surface area contributed by atoms with Crippen molar-refractivity contribution in [3.05, 3.63) is 47.2 Å². The fourth-order valence-electron chi connectivity index (χ4n) is 1.51. The first-order valence-electron chi connectivity index (χ1n) is 4.83. The minimum absolute atomic E-state index is 0.710. The molecule has 0 saturated heterocycles. The summed E-state index contributed by atoms with van der Waals surface area (Å²) in [5.41, 5.74) is 2.63. The molecule has 0 bridgehead atoms. The van der Waals surface area contributed by atoms with Crippen molar-refractivity contribution in [2.75, 3.05) is 0 Å². The van der Waals surface area contributed by atoms with Gasteiger partial charge in [-0.25, -0.2) is 0 Å². The lowest BCUT2D eigenvalue weighted by Gasteiger charge is -2.01. The predicted octanol–water partition coefficient (Wildman–Crippen LogP) is 3.38. The number of furan rings is 1. The van der Waals surface area contributed by atoms with Gasteiger partial charge in [0.05, 0.1) is 0 Å². The Labute approximate surface area is 88.5 Å². The largest absolute Gasteiger partial charge is 0.461 e.